The van der Waals surface area contributed by atoms with E-state index in [2.05, 4.69) is 51.3 Å². The summed E-state index contributed by atoms with van der Waals surface area (Å²) < 4.78 is 26.9. The van der Waals surface area contributed by atoms with Gasteiger partial charge in [-0.2, -0.15) is 0 Å². The van der Waals surface area contributed by atoms with Crippen LogP contribution >= 0.6 is 0 Å². The fraction of sp³-hybridized carbons (Fsp3) is 1.00. The van der Waals surface area contributed by atoms with Gasteiger partial charge in [-0.1, -0.05) is 27.7 Å². The molecule has 0 aromatic heterocycles. The first-order valence-corrected chi connectivity index (χ1v) is 19.6. The van der Waals surface area contributed by atoms with E-state index in [1.165, 1.54) is 45.2 Å². The van der Waals surface area contributed by atoms with Crippen LogP contribution in [0.1, 0.15) is 107 Å². The lowest BCUT2D eigenvalue weighted by molar-refractivity contribution is -0.279. The number of hydrogen-bond acceptors (Lipinski definition) is 8. The van der Waals surface area contributed by atoms with Crippen molar-refractivity contribution in [3.05, 3.63) is 0 Å². The SMILES string of the molecule is CC(C)N1CC(N2CCO[C@@H](O[C@H]3CCC45C[C@]46CC[C@@]4(C)C([C@@H](O)C78O[C@H](C[C@@H](C)[C@@H]74)[C@@H](C(C)(C)O)O8)[C@@H]6CC[C@H]5C3(C)C)C2)C1. The molecule has 9 rings (SSSR count). The molecule has 9 fully saturated rings. The Morgan fingerprint density at radius 2 is 1.72 bits per heavy atom. The second-order valence-electron chi connectivity index (χ2n) is 19.9. The molecule has 4 heterocycles. The van der Waals surface area contributed by atoms with Crippen molar-refractivity contribution in [3.8, 4) is 0 Å². The Hall–Kier alpha value is -0.320. The minimum atomic E-state index is -1.00. The van der Waals surface area contributed by atoms with E-state index in [0.717, 1.165) is 39.0 Å². The van der Waals surface area contributed by atoms with Gasteiger partial charge in [-0.25, -0.2) is 0 Å². The van der Waals surface area contributed by atoms with Crippen LogP contribution in [0.3, 0.4) is 0 Å². The molecule has 8 heteroatoms. The topological polar surface area (TPSA) is 83.9 Å². The summed E-state index contributed by atoms with van der Waals surface area (Å²) in [7, 11) is 0. The molecule has 3 unspecified atom stereocenters. The highest BCUT2D eigenvalue weighted by molar-refractivity contribution is 5.31. The van der Waals surface area contributed by atoms with Crippen LogP contribution < -0.4 is 0 Å². The van der Waals surface area contributed by atoms with Gasteiger partial charge in [-0.15, -0.1) is 0 Å². The molecule has 5 aliphatic carbocycles. The predicted octanol–water partition coefficient (Wildman–Crippen LogP) is 5.04. The average Bonchev–Trinajstić information content (AvgIpc) is 3.45. The second kappa shape index (κ2) is 10.2. The number of ether oxygens (including phenoxy) is 4. The maximum atomic E-state index is 12.5. The van der Waals surface area contributed by atoms with E-state index in [1.807, 2.05) is 13.8 Å². The van der Waals surface area contributed by atoms with Crippen molar-refractivity contribution >= 4 is 0 Å². The first-order valence-electron chi connectivity index (χ1n) is 19.6. The molecule has 14 atom stereocenters. The second-order valence-corrected chi connectivity index (χ2v) is 19.9. The van der Waals surface area contributed by atoms with E-state index < -0.39 is 23.6 Å². The van der Waals surface area contributed by atoms with Crippen LogP contribution in [0.25, 0.3) is 0 Å². The van der Waals surface area contributed by atoms with Gasteiger partial charge in [0.25, 0.3) is 0 Å². The van der Waals surface area contributed by atoms with Crippen molar-refractivity contribution in [2.75, 3.05) is 32.8 Å². The first kappa shape index (κ1) is 32.6. The van der Waals surface area contributed by atoms with Gasteiger partial charge in [0.05, 0.1) is 24.4 Å². The van der Waals surface area contributed by atoms with Crippen LogP contribution in [0, 0.1) is 51.2 Å². The largest absolute Gasteiger partial charge is 0.388 e. The third-order valence-electron chi connectivity index (χ3n) is 16.8. The van der Waals surface area contributed by atoms with Gasteiger partial charge in [0, 0.05) is 44.2 Å². The highest BCUT2D eigenvalue weighted by Crippen LogP contribution is 2.88. The summed E-state index contributed by atoms with van der Waals surface area (Å²) in [5, 5.41) is 23.6. The van der Waals surface area contributed by atoms with Crippen LogP contribution in [0.15, 0.2) is 0 Å². The Morgan fingerprint density at radius 3 is 2.45 bits per heavy atom. The lowest BCUT2D eigenvalue weighted by Crippen LogP contribution is -2.64. The van der Waals surface area contributed by atoms with Crippen LogP contribution in [-0.4, -0.2) is 107 Å². The summed E-state index contributed by atoms with van der Waals surface area (Å²) in [6, 6.07) is 1.26. The van der Waals surface area contributed by atoms with Gasteiger partial charge in [-0.3, -0.25) is 9.80 Å². The molecule has 4 aliphatic heterocycles. The van der Waals surface area contributed by atoms with Gasteiger partial charge in [0.15, 0.2) is 12.1 Å². The number of aliphatic hydroxyl groups excluding tert-OH is 1. The predicted molar refractivity (Wildman–Crippen MR) is 178 cm³/mol. The summed E-state index contributed by atoms with van der Waals surface area (Å²) in [5.41, 5.74) is -0.258. The molecule has 5 saturated carbocycles. The standard InChI is InChI=1S/C39H64N2O6/c1-22(2)41-18-24(19-41)40-15-16-44-29(20-40)45-28-11-12-38-21-37(38)14-13-36(8)30(25(37)9-10-27(38)34(28,4)5)32(42)39-31(36)23(3)17-26(46-39)33(47-39)35(6,7)43/h22-33,42-43H,9-21H2,1-8H3/t23-,25+,26-,27+,28+,29+,30?,31-,32-,33+,36+,37+,38?,39?/m1/s1. The fourth-order valence-corrected chi connectivity index (χ4v) is 14.8. The third-order valence-corrected chi connectivity index (χ3v) is 16.8. The summed E-state index contributed by atoms with van der Waals surface area (Å²) in [6.45, 7) is 23.1. The van der Waals surface area contributed by atoms with Crippen LogP contribution in [0.5, 0.6) is 0 Å². The van der Waals surface area contributed by atoms with E-state index in [4.69, 9.17) is 18.9 Å². The zero-order valence-electron chi connectivity index (χ0n) is 30.5. The average molecular weight is 657 g/mol. The van der Waals surface area contributed by atoms with E-state index in [0.29, 0.717) is 40.7 Å². The minimum Gasteiger partial charge on any atom is -0.388 e. The van der Waals surface area contributed by atoms with Crippen molar-refractivity contribution in [2.24, 2.45) is 51.2 Å². The van der Waals surface area contributed by atoms with Gasteiger partial charge < -0.3 is 29.2 Å². The van der Waals surface area contributed by atoms with Crippen LogP contribution in [-0.2, 0) is 18.9 Å². The first-order chi connectivity index (χ1) is 22.1. The molecule has 266 valence electrons. The Labute approximate surface area is 283 Å². The van der Waals surface area contributed by atoms with Crippen molar-refractivity contribution in [1.29, 1.82) is 0 Å². The Bertz CT molecular complexity index is 1260. The maximum absolute atomic E-state index is 12.5. The molecule has 2 N–H and O–H groups in total. The summed E-state index contributed by atoms with van der Waals surface area (Å²) >= 11 is 0. The van der Waals surface area contributed by atoms with Crippen molar-refractivity contribution in [3.63, 3.8) is 0 Å². The normalized spacial score (nSPS) is 55.5. The van der Waals surface area contributed by atoms with Gasteiger partial charge in [0.1, 0.15) is 12.2 Å². The molecule has 3 spiro atoms. The number of nitrogens with zero attached hydrogens (tertiary/aromatic N) is 2. The molecule has 0 aromatic carbocycles. The van der Waals surface area contributed by atoms with E-state index in [9.17, 15) is 10.2 Å². The van der Waals surface area contributed by atoms with Crippen molar-refractivity contribution < 1.29 is 29.2 Å². The monoisotopic (exact) mass is 656 g/mol. The number of rotatable bonds is 5. The van der Waals surface area contributed by atoms with Crippen LogP contribution in [0.4, 0.5) is 0 Å². The molecule has 47 heavy (non-hydrogen) atoms. The van der Waals surface area contributed by atoms with E-state index in [1.54, 1.807) is 0 Å². The molecular formula is C39H64N2O6. The minimum absolute atomic E-state index is 0.0164. The van der Waals surface area contributed by atoms with E-state index >= 15 is 0 Å². The summed E-state index contributed by atoms with van der Waals surface area (Å²) in [6.07, 6.45) is 8.25. The number of fused-ring (bicyclic) bond motifs is 4. The summed E-state index contributed by atoms with van der Waals surface area (Å²) in [5.74, 6) is 0.894. The Balaban J connectivity index is 0.932. The van der Waals surface area contributed by atoms with Gasteiger partial charge >= 0.3 is 0 Å². The molecular weight excluding hydrogens is 592 g/mol. The summed E-state index contributed by atoms with van der Waals surface area (Å²) in [4.78, 5) is 5.18. The highest BCUT2D eigenvalue weighted by atomic mass is 16.8. The van der Waals surface area contributed by atoms with E-state index in [-0.39, 0.29) is 41.2 Å². The van der Waals surface area contributed by atoms with Crippen LogP contribution in [0.2, 0.25) is 0 Å². The van der Waals surface area contributed by atoms with Crippen molar-refractivity contribution in [2.45, 2.75) is 161 Å². The quantitative estimate of drug-likeness (QED) is 0.426. The molecule has 9 aliphatic rings. The molecule has 8 nitrogen and oxygen atoms in total. The zero-order valence-corrected chi connectivity index (χ0v) is 30.5. The lowest BCUT2D eigenvalue weighted by Gasteiger charge is -2.60. The number of morpholine rings is 1. The fourth-order valence-electron chi connectivity index (χ4n) is 14.8. The Kier molecular flexibility index (Phi) is 7.05. The number of likely N-dealkylation sites (tertiary alicyclic amines) is 1. The lowest BCUT2D eigenvalue weighted by atomic mass is 9.46. The smallest absolute Gasteiger partial charge is 0.199 e. The number of hydrogen-bond donors (Lipinski definition) is 2. The van der Waals surface area contributed by atoms with Gasteiger partial charge in [0.2, 0.25) is 0 Å². The Morgan fingerprint density at radius 1 is 0.957 bits per heavy atom. The molecule has 2 bridgehead atoms. The molecule has 0 radical (unpaired) electrons. The van der Waals surface area contributed by atoms with Gasteiger partial charge in [-0.05, 0) is 124 Å². The molecule has 4 saturated heterocycles. The molecule has 0 amide bonds. The third kappa shape index (κ3) is 4.16. The number of aliphatic hydroxyl groups is 2. The molecule has 0 aromatic rings. The zero-order chi connectivity index (χ0) is 33.1. The maximum Gasteiger partial charge on any atom is 0.199 e. The highest BCUT2D eigenvalue weighted by Gasteiger charge is 2.85. The van der Waals surface area contributed by atoms with Crippen molar-refractivity contribution in [1.82, 2.24) is 9.80 Å².